The molecule has 0 spiro atoms. The quantitative estimate of drug-likeness (QED) is 0.844. The van der Waals surface area contributed by atoms with Crippen LogP contribution in [0, 0.1) is 0 Å². The standard InChI is InChI=1S/C15H16BrClN2O/c1-20-12-4-2-3-11(8-12)19-15(9-18)10-5-6-13(16)14(17)7-10/h2-8,15,19H,9,18H2,1H3. The maximum Gasteiger partial charge on any atom is 0.120 e. The average molecular weight is 356 g/mol. The first-order chi connectivity index (χ1) is 9.63. The highest BCUT2D eigenvalue weighted by molar-refractivity contribution is 9.10. The summed E-state index contributed by atoms with van der Waals surface area (Å²) in [6, 6.07) is 13.6. The SMILES string of the molecule is COc1cccc(NC(CN)c2ccc(Br)c(Cl)c2)c1. The molecule has 20 heavy (non-hydrogen) atoms. The predicted octanol–water partition coefficient (Wildman–Crippen LogP) is 4.22. The zero-order chi connectivity index (χ0) is 14.5. The number of rotatable bonds is 5. The lowest BCUT2D eigenvalue weighted by atomic mass is 10.1. The Labute approximate surface area is 132 Å². The summed E-state index contributed by atoms with van der Waals surface area (Å²) in [4.78, 5) is 0. The first-order valence-electron chi connectivity index (χ1n) is 6.19. The van der Waals surface area contributed by atoms with Crippen LogP contribution in [0.3, 0.4) is 0 Å². The molecule has 0 aliphatic heterocycles. The van der Waals surface area contributed by atoms with Gasteiger partial charge < -0.3 is 15.8 Å². The Kier molecular flexibility index (Phi) is 5.29. The fraction of sp³-hybridized carbons (Fsp3) is 0.200. The third-order valence-corrected chi connectivity index (χ3v) is 4.22. The van der Waals surface area contributed by atoms with Gasteiger partial charge in [-0.3, -0.25) is 0 Å². The van der Waals surface area contributed by atoms with E-state index in [4.69, 9.17) is 22.1 Å². The molecule has 0 radical (unpaired) electrons. The molecule has 1 unspecified atom stereocenters. The molecular formula is C15H16BrClN2O. The molecule has 0 saturated carbocycles. The summed E-state index contributed by atoms with van der Waals surface area (Å²) >= 11 is 9.52. The van der Waals surface area contributed by atoms with Gasteiger partial charge in [-0.05, 0) is 45.8 Å². The summed E-state index contributed by atoms with van der Waals surface area (Å²) in [5, 5.41) is 4.06. The van der Waals surface area contributed by atoms with E-state index >= 15 is 0 Å². The molecule has 0 aliphatic carbocycles. The van der Waals surface area contributed by atoms with Crippen molar-refractivity contribution in [2.75, 3.05) is 19.0 Å². The summed E-state index contributed by atoms with van der Waals surface area (Å²) in [6.45, 7) is 0.467. The van der Waals surface area contributed by atoms with Crippen LogP contribution in [0.4, 0.5) is 5.69 Å². The first kappa shape index (κ1) is 15.2. The first-order valence-corrected chi connectivity index (χ1v) is 7.36. The van der Waals surface area contributed by atoms with Crippen molar-refractivity contribution in [2.24, 2.45) is 5.73 Å². The highest BCUT2D eigenvalue weighted by Gasteiger charge is 2.11. The van der Waals surface area contributed by atoms with Gasteiger partial charge in [0.2, 0.25) is 0 Å². The zero-order valence-corrected chi connectivity index (χ0v) is 13.4. The smallest absolute Gasteiger partial charge is 0.120 e. The molecule has 3 nitrogen and oxygen atoms in total. The molecule has 0 amide bonds. The minimum atomic E-state index is -0.00675. The van der Waals surface area contributed by atoms with Gasteiger partial charge in [0, 0.05) is 22.8 Å². The molecule has 0 aromatic heterocycles. The Morgan fingerprint density at radius 3 is 2.75 bits per heavy atom. The van der Waals surface area contributed by atoms with E-state index in [2.05, 4.69) is 21.2 Å². The van der Waals surface area contributed by atoms with E-state index in [-0.39, 0.29) is 6.04 Å². The summed E-state index contributed by atoms with van der Waals surface area (Å²) in [6.07, 6.45) is 0. The number of ether oxygens (including phenoxy) is 1. The minimum absolute atomic E-state index is 0.00675. The van der Waals surface area contributed by atoms with Gasteiger partial charge in [0.05, 0.1) is 18.2 Å². The van der Waals surface area contributed by atoms with Gasteiger partial charge in [-0.25, -0.2) is 0 Å². The average Bonchev–Trinajstić information content (AvgIpc) is 2.48. The Morgan fingerprint density at radius 2 is 2.10 bits per heavy atom. The highest BCUT2D eigenvalue weighted by atomic mass is 79.9. The van der Waals surface area contributed by atoms with E-state index in [0.29, 0.717) is 11.6 Å². The van der Waals surface area contributed by atoms with Gasteiger partial charge in [0.15, 0.2) is 0 Å². The number of nitrogens with one attached hydrogen (secondary N) is 1. The number of hydrogen-bond acceptors (Lipinski definition) is 3. The lowest BCUT2D eigenvalue weighted by molar-refractivity contribution is 0.415. The lowest BCUT2D eigenvalue weighted by Gasteiger charge is -2.19. The molecule has 1 atom stereocenters. The minimum Gasteiger partial charge on any atom is -0.497 e. The fourth-order valence-electron chi connectivity index (χ4n) is 1.92. The van der Waals surface area contributed by atoms with Crippen LogP contribution in [-0.4, -0.2) is 13.7 Å². The Bertz CT molecular complexity index is 592. The summed E-state index contributed by atoms with van der Waals surface area (Å²) in [5.41, 5.74) is 7.86. The van der Waals surface area contributed by atoms with Crippen LogP contribution in [-0.2, 0) is 0 Å². The van der Waals surface area contributed by atoms with Crippen LogP contribution in [0.2, 0.25) is 5.02 Å². The number of hydrogen-bond donors (Lipinski definition) is 2. The maximum absolute atomic E-state index is 6.13. The van der Waals surface area contributed by atoms with Crippen molar-refractivity contribution in [2.45, 2.75) is 6.04 Å². The molecule has 0 bridgehead atoms. The van der Waals surface area contributed by atoms with Gasteiger partial charge in [-0.15, -0.1) is 0 Å². The topological polar surface area (TPSA) is 47.3 Å². The molecular weight excluding hydrogens is 340 g/mol. The van der Waals surface area contributed by atoms with E-state index < -0.39 is 0 Å². The summed E-state index contributed by atoms with van der Waals surface area (Å²) in [5.74, 6) is 0.805. The molecule has 0 saturated heterocycles. The molecule has 2 aromatic rings. The van der Waals surface area contributed by atoms with E-state index in [9.17, 15) is 0 Å². The van der Waals surface area contributed by atoms with Crippen molar-refractivity contribution in [3.05, 3.63) is 57.5 Å². The van der Waals surface area contributed by atoms with E-state index in [1.54, 1.807) is 7.11 Å². The Balaban J connectivity index is 2.21. The van der Waals surface area contributed by atoms with Crippen LogP contribution >= 0.6 is 27.5 Å². The number of methoxy groups -OCH3 is 1. The van der Waals surface area contributed by atoms with Crippen molar-refractivity contribution in [3.63, 3.8) is 0 Å². The number of nitrogens with two attached hydrogens (primary N) is 1. The van der Waals surface area contributed by atoms with Crippen molar-refractivity contribution < 1.29 is 4.74 Å². The van der Waals surface area contributed by atoms with E-state index in [0.717, 1.165) is 21.5 Å². The number of halogens is 2. The second kappa shape index (κ2) is 6.97. The van der Waals surface area contributed by atoms with E-state index in [1.807, 2.05) is 42.5 Å². The highest BCUT2D eigenvalue weighted by Crippen LogP contribution is 2.28. The normalized spacial score (nSPS) is 12.0. The largest absolute Gasteiger partial charge is 0.497 e. The van der Waals surface area contributed by atoms with Gasteiger partial charge >= 0.3 is 0 Å². The molecule has 5 heteroatoms. The van der Waals surface area contributed by atoms with Gasteiger partial charge in [0.25, 0.3) is 0 Å². The third-order valence-electron chi connectivity index (χ3n) is 2.99. The maximum atomic E-state index is 6.13. The second-order valence-electron chi connectivity index (χ2n) is 4.34. The van der Waals surface area contributed by atoms with Crippen LogP contribution in [0.25, 0.3) is 0 Å². The summed E-state index contributed by atoms with van der Waals surface area (Å²) in [7, 11) is 1.65. The summed E-state index contributed by atoms with van der Waals surface area (Å²) < 4.78 is 6.09. The van der Waals surface area contributed by atoms with Crippen molar-refractivity contribution >= 4 is 33.2 Å². The van der Waals surface area contributed by atoms with Crippen molar-refractivity contribution in [3.8, 4) is 5.75 Å². The van der Waals surface area contributed by atoms with Crippen LogP contribution in [0.15, 0.2) is 46.9 Å². The fourth-order valence-corrected chi connectivity index (χ4v) is 2.36. The molecule has 3 N–H and O–H groups in total. The van der Waals surface area contributed by atoms with Crippen LogP contribution in [0.1, 0.15) is 11.6 Å². The molecule has 2 aromatic carbocycles. The Hall–Kier alpha value is -1.23. The van der Waals surface area contributed by atoms with Crippen LogP contribution in [0.5, 0.6) is 5.75 Å². The zero-order valence-electron chi connectivity index (χ0n) is 11.1. The van der Waals surface area contributed by atoms with Gasteiger partial charge in [-0.2, -0.15) is 0 Å². The molecule has 0 heterocycles. The lowest BCUT2D eigenvalue weighted by Crippen LogP contribution is -2.20. The van der Waals surface area contributed by atoms with Crippen molar-refractivity contribution in [1.82, 2.24) is 0 Å². The second-order valence-corrected chi connectivity index (χ2v) is 5.60. The predicted molar refractivity (Wildman–Crippen MR) is 87.6 cm³/mol. The molecule has 0 fully saturated rings. The van der Waals surface area contributed by atoms with E-state index in [1.165, 1.54) is 0 Å². The van der Waals surface area contributed by atoms with Gasteiger partial charge in [0.1, 0.15) is 5.75 Å². The Morgan fingerprint density at radius 1 is 1.30 bits per heavy atom. The molecule has 106 valence electrons. The van der Waals surface area contributed by atoms with Crippen molar-refractivity contribution in [1.29, 1.82) is 0 Å². The van der Waals surface area contributed by atoms with Crippen LogP contribution < -0.4 is 15.8 Å². The number of anilines is 1. The monoisotopic (exact) mass is 354 g/mol. The third kappa shape index (κ3) is 3.66. The van der Waals surface area contributed by atoms with Gasteiger partial charge in [-0.1, -0.05) is 23.7 Å². The molecule has 0 aliphatic rings. The number of benzene rings is 2. The molecule has 2 rings (SSSR count).